The topological polar surface area (TPSA) is 63.0 Å². The van der Waals surface area contributed by atoms with Gasteiger partial charge in [-0.15, -0.1) is 0 Å². The van der Waals surface area contributed by atoms with Crippen LogP contribution in [0.5, 0.6) is 0 Å². The number of esters is 1. The van der Waals surface area contributed by atoms with E-state index in [4.69, 9.17) is 10.00 Å². The lowest BCUT2D eigenvalue weighted by Gasteiger charge is -2.14. The van der Waals surface area contributed by atoms with E-state index < -0.39 is 11.4 Å². The lowest BCUT2D eigenvalue weighted by Crippen LogP contribution is -2.20. The summed E-state index contributed by atoms with van der Waals surface area (Å²) < 4.78 is 4.98. The van der Waals surface area contributed by atoms with Crippen LogP contribution in [0.3, 0.4) is 0 Å². The van der Waals surface area contributed by atoms with Crippen LogP contribution < -0.4 is 0 Å². The van der Waals surface area contributed by atoms with E-state index in [1.165, 1.54) is 6.20 Å². The van der Waals surface area contributed by atoms with Crippen molar-refractivity contribution >= 4 is 5.97 Å². The third kappa shape index (κ3) is 3.39. The third-order valence-electron chi connectivity index (χ3n) is 1.76. The molecule has 1 aromatic heterocycles. The second-order valence-corrected chi connectivity index (χ2v) is 3.81. The Morgan fingerprint density at radius 2 is 2.40 bits per heavy atom. The molecule has 1 aromatic rings. The predicted molar refractivity (Wildman–Crippen MR) is 53.9 cm³/mol. The van der Waals surface area contributed by atoms with Crippen molar-refractivity contribution in [1.82, 2.24) is 4.98 Å². The Morgan fingerprint density at radius 3 is 2.93 bits per heavy atom. The van der Waals surface area contributed by atoms with Gasteiger partial charge in [-0.3, -0.25) is 4.98 Å². The first-order chi connectivity index (χ1) is 7.05. The molecule has 0 aliphatic carbocycles. The van der Waals surface area contributed by atoms with Gasteiger partial charge in [0.15, 0.2) is 0 Å². The number of rotatable bonds is 3. The maximum atomic E-state index is 11.4. The van der Waals surface area contributed by atoms with Crippen LogP contribution in [0.1, 0.15) is 24.2 Å². The first-order valence-electron chi connectivity index (χ1n) is 4.53. The van der Waals surface area contributed by atoms with Crippen molar-refractivity contribution in [2.45, 2.75) is 13.8 Å². The molecule has 0 saturated heterocycles. The molecule has 0 amide bonds. The summed E-state index contributed by atoms with van der Waals surface area (Å²) in [5.74, 6) is -0.452. The second kappa shape index (κ2) is 4.56. The SMILES string of the molecule is CC(C)(C#N)COC(=O)c1cccnc1. The minimum Gasteiger partial charge on any atom is -0.460 e. The van der Waals surface area contributed by atoms with Crippen LogP contribution in [0.25, 0.3) is 0 Å². The zero-order valence-electron chi connectivity index (χ0n) is 8.73. The fraction of sp³-hybridized carbons (Fsp3) is 0.364. The lowest BCUT2D eigenvalue weighted by molar-refractivity contribution is 0.0406. The number of carbonyl (C=O) groups excluding carboxylic acids is 1. The molecule has 4 nitrogen and oxygen atoms in total. The molecule has 0 spiro atoms. The highest BCUT2D eigenvalue weighted by Gasteiger charge is 2.19. The first kappa shape index (κ1) is 11.2. The van der Waals surface area contributed by atoms with Crippen LogP contribution in [0, 0.1) is 16.7 Å². The standard InChI is InChI=1S/C11H12N2O2/c1-11(2,7-12)8-15-10(14)9-4-3-5-13-6-9/h3-6H,8H2,1-2H3. The van der Waals surface area contributed by atoms with Crippen molar-refractivity contribution in [3.63, 3.8) is 0 Å². The molecular weight excluding hydrogens is 192 g/mol. The fourth-order valence-corrected chi connectivity index (χ4v) is 0.845. The Labute approximate surface area is 88.5 Å². The summed E-state index contributed by atoms with van der Waals surface area (Å²) in [5.41, 5.74) is -0.260. The van der Waals surface area contributed by atoms with E-state index in [9.17, 15) is 4.79 Å². The molecule has 1 rings (SSSR count). The first-order valence-corrected chi connectivity index (χ1v) is 4.53. The zero-order chi connectivity index (χ0) is 11.3. The van der Waals surface area contributed by atoms with Gasteiger partial charge in [0.25, 0.3) is 0 Å². The summed E-state index contributed by atoms with van der Waals surface area (Å²) in [5, 5.41) is 8.72. The van der Waals surface area contributed by atoms with Gasteiger partial charge in [0.1, 0.15) is 6.61 Å². The van der Waals surface area contributed by atoms with E-state index >= 15 is 0 Å². The maximum Gasteiger partial charge on any atom is 0.339 e. The monoisotopic (exact) mass is 204 g/mol. The molecule has 0 bridgehead atoms. The van der Waals surface area contributed by atoms with Gasteiger partial charge < -0.3 is 4.74 Å². The number of aromatic nitrogens is 1. The summed E-state index contributed by atoms with van der Waals surface area (Å²) >= 11 is 0. The number of nitriles is 1. The quantitative estimate of drug-likeness (QED) is 0.704. The summed E-state index contributed by atoms with van der Waals surface area (Å²) in [4.78, 5) is 15.2. The normalized spacial score (nSPS) is 10.5. The molecule has 0 aromatic carbocycles. The summed E-state index contributed by atoms with van der Waals surface area (Å²) in [6, 6.07) is 5.33. The Bertz CT molecular complexity index is 379. The summed E-state index contributed by atoms with van der Waals surface area (Å²) in [6.07, 6.45) is 3.01. The van der Waals surface area contributed by atoms with Crippen LogP contribution in [0.15, 0.2) is 24.5 Å². The van der Waals surface area contributed by atoms with Gasteiger partial charge in [-0.25, -0.2) is 4.79 Å². The van der Waals surface area contributed by atoms with Crippen LogP contribution in [-0.2, 0) is 4.74 Å². The molecule has 15 heavy (non-hydrogen) atoms. The third-order valence-corrected chi connectivity index (χ3v) is 1.76. The van der Waals surface area contributed by atoms with Crippen LogP contribution in [0.4, 0.5) is 0 Å². The van der Waals surface area contributed by atoms with E-state index in [2.05, 4.69) is 11.1 Å². The largest absolute Gasteiger partial charge is 0.460 e. The molecule has 4 heteroatoms. The number of carbonyl (C=O) groups is 1. The predicted octanol–water partition coefficient (Wildman–Crippen LogP) is 1.79. The zero-order valence-corrected chi connectivity index (χ0v) is 8.73. The van der Waals surface area contributed by atoms with Crippen LogP contribution >= 0.6 is 0 Å². The van der Waals surface area contributed by atoms with Crippen molar-refractivity contribution in [2.24, 2.45) is 5.41 Å². The van der Waals surface area contributed by atoms with Crippen molar-refractivity contribution in [2.75, 3.05) is 6.61 Å². The average Bonchev–Trinajstić information content (AvgIpc) is 2.27. The van der Waals surface area contributed by atoms with E-state index in [0.717, 1.165) is 0 Å². The number of pyridine rings is 1. The minimum absolute atomic E-state index is 0.0806. The van der Waals surface area contributed by atoms with Gasteiger partial charge in [-0.1, -0.05) is 0 Å². The van der Waals surface area contributed by atoms with E-state index in [1.807, 2.05) is 0 Å². The molecule has 0 aliphatic rings. The second-order valence-electron chi connectivity index (χ2n) is 3.81. The molecule has 0 fully saturated rings. The molecule has 0 N–H and O–H groups in total. The minimum atomic E-state index is -0.655. The Hall–Kier alpha value is -1.89. The van der Waals surface area contributed by atoms with Gasteiger partial charge in [-0.2, -0.15) is 5.26 Å². The molecule has 0 aliphatic heterocycles. The number of ether oxygens (including phenoxy) is 1. The number of nitrogens with zero attached hydrogens (tertiary/aromatic N) is 2. The maximum absolute atomic E-state index is 11.4. The molecule has 0 atom stereocenters. The molecule has 1 heterocycles. The molecule has 0 radical (unpaired) electrons. The highest BCUT2D eigenvalue weighted by molar-refractivity contribution is 5.88. The van der Waals surface area contributed by atoms with Crippen LogP contribution in [-0.4, -0.2) is 17.6 Å². The smallest absolute Gasteiger partial charge is 0.339 e. The van der Waals surface area contributed by atoms with E-state index in [0.29, 0.717) is 5.56 Å². The van der Waals surface area contributed by atoms with Gasteiger partial charge >= 0.3 is 5.97 Å². The molecular formula is C11H12N2O2. The van der Waals surface area contributed by atoms with Gasteiger partial charge in [0, 0.05) is 12.4 Å². The van der Waals surface area contributed by atoms with Crippen molar-refractivity contribution < 1.29 is 9.53 Å². The van der Waals surface area contributed by atoms with Crippen molar-refractivity contribution in [3.05, 3.63) is 30.1 Å². The lowest BCUT2D eigenvalue weighted by atomic mass is 9.98. The van der Waals surface area contributed by atoms with Gasteiger partial charge in [0.05, 0.1) is 17.0 Å². The Kier molecular flexibility index (Phi) is 3.40. The summed E-state index contributed by atoms with van der Waals surface area (Å²) in [6.45, 7) is 3.50. The summed E-state index contributed by atoms with van der Waals surface area (Å²) in [7, 11) is 0. The molecule has 78 valence electrons. The fourth-order valence-electron chi connectivity index (χ4n) is 0.845. The van der Waals surface area contributed by atoms with E-state index in [-0.39, 0.29) is 6.61 Å². The van der Waals surface area contributed by atoms with E-state index in [1.54, 1.807) is 32.2 Å². The average molecular weight is 204 g/mol. The highest BCUT2D eigenvalue weighted by atomic mass is 16.5. The molecule has 0 unspecified atom stereocenters. The number of hydrogen-bond acceptors (Lipinski definition) is 4. The van der Waals surface area contributed by atoms with Gasteiger partial charge in [-0.05, 0) is 26.0 Å². The van der Waals surface area contributed by atoms with Gasteiger partial charge in [0.2, 0.25) is 0 Å². The number of hydrogen-bond donors (Lipinski definition) is 0. The van der Waals surface area contributed by atoms with Crippen LogP contribution in [0.2, 0.25) is 0 Å². The highest BCUT2D eigenvalue weighted by Crippen LogP contribution is 2.14. The van der Waals surface area contributed by atoms with Crippen molar-refractivity contribution in [3.8, 4) is 6.07 Å². The van der Waals surface area contributed by atoms with Crippen molar-refractivity contribution in [1.29, 1.82) is 5.26 Å². The Balaban J connectivity index is 2.56. The Morgan fingerprint density at radius 1 is 1.67 bits per heavy atom. The molecule has 0 saturated carbocycles.